The molecule has 8 heteroatoms. The topological polar surface area (TPSA) is 48.9 Å². The molecule has 1 aromatic carbocycles. The van der Waals surface area contributed by atoms with Gasteiger partial charge in [0.25, 0.3) is 0 Å². The molecule has 0 aromatic heterocycles. The number of halogens is 3. The van der Waals surface area contributed by atoms with Gasteiger partial charge in [0, 0.05) is 38.3 Å². The lowest BCUT2D eigenvalue weighted by Crippen LogP contribution is -2.46. The monoisotopic (exact) mass is 510 g/mol. The lowest BCUT2D eigenvalue weighted by Gasteiger charge is -2.35. The van der Waals surface area contributed by atoms with E-state index >= 15 is 0 Å². The number of benzene rings is 1. The number of hydrogen-bond acceptors (Lipinski definition) is 3. The first-order chi connectivity index (χ1) is 12.9. The Bertz CT molecular complexity index is 628. The molecule has 1 aromatic rings. The van der Waals surface area contributed by atoms with Crippen LogP contribution in [0.25, 0.3) is 0 Å². The molecule has 1 heterocycles. The Labute approximate surface area is 184 Å². The molecular weight excluding hydrogens is 477 g/mol. The highest BCUT2D eigenvalue weighted by Crippen LogP contribution is 2.22. The molecule has 1 saturated heterocycles. The summed E-state index contributed by atoms with van der Waals surface area (Å²) >= 11 is 0. The summed E-state index contributed by atoms with van der Waals surface area (Å²) in [5.41, 5.74) is 1.68. The van der Waals surface area contributed by atoms with Gasteiger partial charge in [-0.15, -0.1) is 24.0 Å². The summed E-state index contributed by atoms with van der Waals surface area (Å²) in [5, 5.41) is 6.57. The summed E-state index contributed by atoms with van der Waals surface area (Å²) in [6.07, 6.45) is 2.42. The molecule has 160 valence electrons. The third kappa shape index (κ3) is 8.06. The Balaban J connectivity index is 0.00000392. The first-order valence-corrected chi connectivity index (χ1v) is 9.62. The summed E-state index contributed by atoms with van der Waals surface area (Å²) in [6.45, 7) is 7.02. The predicted octanol–water partition coefficient (Wildman–Crippen LogP) is 4.00. The minimum Gasteiger partial charge on any atom is -0.434 e. The van der Waals surface area contributed by atoms with Gasteiger partial charge < -0.3 is 20.3 Å². The van der Waals surface area contributed by atoms with Gasteiger partial charge in [-0.05, 0) is 52.1 Å². The minimum atomic E-state index is -2.83. The van der Waals surface area contributed by atoms with Crippen molar-refractivity contribution in [2.24, 2.45) is 10.9 Å². The average molecular weight is 510 g/mol. The number of hydrogen-bond donors (Lipinski definition) is 2. The number of aryl methyl sites for hydroxylation is 1. The van der Waals surface area contributed by atoms with Crippen LogP contribution in [0.5, 0.6) is 5.75 Å². The van der Waals surface area contributed by atoms with Crippen LogP contribution in [0.2, 0.25) is 0 Å². The molecular formula is C20H33F2IN4O. The van der Waals surface area contributed by atoms with Crippen molar-refractivity contribution in [2.75, 3.05) is 26.7 Å². The van der Waals surface area contributed by atoms with E-state index in [2.05, 4.69) is 39.1 Å². The molecule has 0 aliphatic carbocycles. The molecule has 2 N–H and O–H groups in total. The van der Waals surface area contributed by atoms with Gasteiger partial charge in [0.2, 0.25) is 0 Å². The maximum absolute atomic E-state index is 12.6. The van der Waals surface area contributed by atoms with E-state index in [4.69, 9.17) is 0 Å². The van der Waals surface area contributed by atoms with Crippen LogP contribution in [0.15, 0.2) is 23.2 Å². The van der Waals surface area contributed by atoms with Gasteiger partial charge in [0.05, 0.1) is 0 Å². The Morgan fingerprint density at radius 1 is 1.32 bits per heavy atom. The summed E-state index contributed by atoms with van der Waals surface area (Å²) in [7, 11) is 1.71. The Morgan fingerprint density at radius 3 is 2.71 bits per heavy atom. The molecule has 2 rings (SSSR count). The van der Waals surface area contributed by atoms with Crippen LogP contribution in [0.1, 0.15) is 37.8 Å². The number of aliphatic imine (C=N–C) groups is 1. The van der Waals surface area contributed by atoms with Crippen molar-refractivity contribution in [3.05, 3.63) is 29.3 Å². The number of ether oxygens (including phenoxy) is 1. The van der Waals surface area contributed by atoms with Crippen molar-refractivity contribution in [3.63, 3.8) is 0 Å². The Kier molecular flexibility index (Phi) is 11.0. The van der Waals surface area contributed by atoms with Crippen LogP contribution < -0.4 is 15.4 Å². The van der Waals surface area contributed by atoms with Gasteiger partial charge in [-0.3, -0.25) is 4.99 Å². The van der Waals surface area contributed by atoms with Crippen molar-refractivity contribution in [3.8, 4) is 5.75 Å². The van der Waals surface area contributed by atoms with E-state index in [0.29, 0.717) is 30.0 Å². The number of guanidine groups is 1. The molecule has 1 fully saturated rings. The van der Waals surface area contributed by atoms with Gasteiger partial charge in [-0.1, -0.05) is 17.7 Å². The molecule has 0 amide bonds. The molecule has 0 saturated carbocycles. The number of nitrogens with one attached hydrogen (secondary N) is 2. The quantitative estimate of drug-likeness (QED) is 0.331. The lowest BCUT2D eigenvalue weighted by molar-refractivity contribution is -0.0504. The molecule has 1 unspecified atom stereocenters. The summed E-state index contributed by atoms with van der Waals surface area (Å²) < 4.78 is 29.8. The summed E-state index contributed by atoms with van der Waals surface area (Å²) in [4.78, 5) is 6.75. The maximum Gasteiger partial charge on any atom is 0.387 e. The van der Waals surface area contributed by atoms with Crippen LogP contribution in [-0.2, 0) is 6.54 Å². The smallest absolute Gasteiger partial charge is 0.387 e. The highest BCUT2D eigenvalue weighted by molar-refractivity contribution is 14.0. The number of piperidine rings is 1. The van der Waals surface area contributed by atoms with Crippen LogP contribution in [0, 0.1) is 12.8 Å². The maximum atomic E-state index is 12.6. The standard InChI is InChI=1S/C20H32F2N4O.HI/c1-14(2)26-9-5-6-16(13-26)11-24-20(23-4)25-12-17-10-15(3)7-8-18(17)27-19(21)22;/h7-8,10,14,16,19H,5-6,9,11-13H2,1-4H3,(H2,23,24,25);1H. The van der Waals surface area contributed by atoms with E-state index in [-0.39, 0.29) is 29.7 Å². The molecule has 0 spiro atoms. The van der Waals surface area contributed by atoms with Crippen LogP contribution in [0.4, 0.5) is 8.78 Å². The highest BCUT2D eigenvalue weighted by Gasteiger charge is 2.21. The molecule has 1 atom stereocenters. The second-order valence-corrected chi connectivity index (χ2v) is 7.39. The normalized spacial score (nSPS) is 18.1. The van der Waals surface area contributed by atoms with Gasteiger partial charge in [0.15, 0.2) is 5.96 Å². The lowest BCUT2D eigenvalue weighted by atomic mass is 9.97. The molecule has 0 radical (unpaired) electrons. The Morgan fingerprint density at radius 2 is 2.07 bits per heavy atom. The zero-order chi connectivity index (χ0) is 19.8. The largest absolute Gasteiger partial charge is 0.434 e. The zero-order valence-corrected chi connectivity index (χ0v) is 19.5. The van der Waals surface area contributed by atoms with E-state index in [9.17, 15) is 8.78 Å². The second-order valence-electron chi connectivity index (χ2n) is 7.39. The van der Waals surface area contributed by atoms with Gasteiger partial charge in [-0.25, -0.2) is 0 Å². The van der Waals surface area contributed by atoms with Crippen molar-refractivity contribution in [1.82, 2.24) is 15.5 Å². The average Bonchev–Trinajstić information content (AvgIpc) is 2.63. The van der Waals surface area contributed by atoms with Crippen molar-refractivity contribution >= 4 is 29.9 Å². The van der Waals surface area contributed by atoms with Gasteiger partial charge in [-0.2, -0.15) is 8.78 Å². The van der Waals surface area contributed by atoms with E-state index in [1.807, 2.05) is 13.0 Å². The SMILES string of the molecule is CN=C(NCc1cc(C)ccc1OC(F)F)NCC1CCCN(C(C)C)C1.I. The molecule has 0 bridgehead atoms. The fourth-order valence-electron chi connectivity index (χ4n) is 3.43. The minimum absolute atomic E-state index is 0. The van der Waals surface area contributed by atoms with Crippen molar-refractivity contribution < 1.29 is 13.5 Å². The Hall–Kier alpha value is -1.16. The molecule has 1 aliphatic rings. The van der Waals surface area contributed by atoms with E-state index in [1.165, 1.54) is 19.4 Å². The first kappa shape index (κ1) is 24.9. The number of alkyl halides is 2. The highest BCUT2D eigenvalue weighted by atomic mass is 127. The van der Waals surface area contributed by atoms with Crippen molar-refractivity contribution in [1.29, 1.82) is 0 Å². The molecule has 28 heavy (non-hydrogen) atoms. The number of likely N-dealkylation sites (tertiary alicyclic amines) is 1. The number of nitrogens with zero attached hydrogens (tertiary/aromatic N) is 2. The third-order valence-electron chi connectivity index (χ3n) is 4.94. The van der Waals surface area contributed by atoms with Gasteiger partial charge >= 0.3 is 6.61 Å². The second kappa shape index (κ2) is 12.4. The van der Waals surface area contributed by atoms with E-state index < -0.39 is 6.61 Å². The van der Waals surface area contributed by atoms with Crippen LogP contribution in [-0.4, -0.2) is 50.2 Å². The predicted molar refractivity (Wildman–Crippen MR) is 121 cm³/mol. The van der Waals surface area contributed by atoms with Crippen LogP contribution >= 0.6 is 24.0 Å². The fraction of sp³-hybridized carbons (Fsp3) is 0.650. The van der Waals surface area contributed by atoms with E-state index in [1.54, 1.807) is 19.2 Å². The summed E-state index contributed by atoms with van der Waals surface area (Å²) in [5.74, 6) is 1.44. The first-order valence-electron chi connectivity index (χ1n) is 9.62. The molecule has 1 aliphatic heterocycles. The number of rotatable bonds is 7. The van der Waals surface area contributed by atoms with Crippen molar-refractivity contribution in [2.45, 2.75) is 52.8 Å². The molecule has 5 nitrogen and oxygen atoms in total. The van der Waals surface area contributed by atoms with Crippen LogP contribution in [0.3, 0.4) is 0 Å². The van der Waals surface area contributed by atoms with Gasteiger partial charge in [0.1, 0.15) is 5.75 Å². The summed E-state index contributed by atoms with van der Waals surface area (Å²) in [6, 6.07) is 5.76. The zero-order valence-electron chi connectivity index (χ0n) is 17.2. The third-order valence-corrected chi connectivity index (χ3v) is 4.94. The van der Waals surface area contributed by atoms with E-state index in [0.717, 1.165) is 18.7 Å². The fourth-order valence-corrected chi connectivity index (χ4v) is 3.43.